The fourth-order valence-corrected chi connectivity index (χ4v) is 3.42. The molecule has 0 radical (unpaired) electrons. The number of hydrogen-bond donors (Lipinski definition) is 2. The number of nitrogens with zero attached hydrogens (tertiary/aromatic N) is 2. The van der Waals surface area contributed by atoms with Gasteiger partial charge in [-0.15, -0.1) is 0 Å². The first-order chi connectivity index (χ1) is 13.3. The number of benzene rings is 2. The summed E-state index contributed by atoms with van der Waals surface area (Å²) < 4.78 is 3.11. The molecule has 28 heavy (non-hydrogen) atoms. The first-order valence-corrected chi connectivity index (χ1v) is 9.23. The Balaban J connectivity index is 1.47. The maximum Gasteiger partial charge on any atom is 0.328 e. The third-order valence-corrected chi connectivity index (χ3v) is 5.39. The Morgan fingerprint density at radius 3 is 2.18 bits per heavy atom. The summed E-state index contributed by atoms with van der Waals surface area (Å²) in [6.45, 7) is 2.06. The van der Waals surface area contributed by atoms with Crippen molar-refractivity contribution in [2.75, 3.05) is 10.6 Å². The molecule has 2 amide bonds. The molecular weight excluding hydrogens is 356 g/mol. The summed E-state index contributed by atoms with van der Waals surface area (Å²) in [5.74, 6) is 0.332. The van der Waals surface area contributed by atoms with Crippen LogP contribution in [0.3, 0.4) is 0 Å². The van der Waals surface area contributed by atoms with Crippen molar-refractivity contribution in [2.45, 2.75) is 13.3 Å². The fourth-order valence-electron chi connectivity index (χ4n) is 3.42. The summed E-state index contributed by atoms with van der Waals surface area (Å²) in [5, 5.41) is 5.73. The van der Waals surface area contributed by atoms with E-state index in [0.717, 1.165) is 17.5 Å². The van der Waals surface area contributed by atoms with E-state index < -0.39 is 0 Å². The molecule has 1 aromatic heterocycles. The lowest BCUT2D eigenvalue weighted by molar-refractivity contribution is -0.117. The van der Waals surface area contributed by atoms with E-state index in [1.165, 1.54) is 0 Å². The molecule has 2 atom stereocenters. The van der Waals surface area contributed by atoms with Crippen LogP contribution in [0.5, 0.6) is 0 Å². The van der Waals surface area contributed by atoms with Crippen molar-refractivity contribution in [3.8, 4) is 0 Å². The molecule has 1 aliphatic carbocycles. The fraction of sp³-hybridized carbons (Fsp3) is 0.286. The second-order valence-electron chi connectivity index (χ2n) is 7.44. The topological polar surface area (TPSA) is 85.1 Å². The molecule has 3 aromatic rings. The van der Waals surface area contributed by atoms with E-state index in [-0.39, 0.29) is 23.4 Å². The van der Waals surface area contributed by atoms with E-state index >= 15 is 0 Å². The van der Waals surface area contributed by atoms with Gasteiger partial charge in [-0.25, -0.2) is 4.79 Å². The summed E-state index contributed by atoms with van der Waals surface area (Å²) >= 11 is 0. The van der Waals surface area contributed by atoms with Gasteiger partial charge in [0.05, 0.1) is 11.0 Å². The number of fused-ring (bicyclic) bond motifs is 1. The second-order valence-corrected chi connectivity index (χ2v) is 7.44. The molecule has 0 spiro atoms. The quantitative estimate of drug-likeness (QED) is 0.732. The number of aromatic nitrogens is 2. The van der Waals surface area contributed by atoms with Gasteiger partial charge < -0.3 is 10.6 Å². The molecule has 2 unspecified atom stereocenters. The van der Waals surface area contributed by atoms with Gasteiger partial charge in [-0.2, -0.15) is 0 Å². The van der Waals surface area contributed by atoms with Crippen LogP contribution in [-0.4, -0.2) is 20.9 Å². The van der Waals surface area contributed by atoms with Crippen LogP contribution >= 0.6 is 0 Å². The van der Waals surface area contributed by atoms with Crippen molar-refractivity contribution in [2.24, 2.45) is 25.9 Å². The number of anilines is 2. The maximum absolute atomic E-state index is 12.5. The van der Waals surface area contributed by atoms with Gasteiger partial charge in [-0.3, -0.25) is 18.7 Å². The van der Waals surface area contributed by atoms with Gasteiger partial charge in [0.1, 0.15) is 0 Å². The summed E-state index contributed by atoms with van der Waals surface area (Å²) in [4.78, 5) is 36.5. The number of hydrogen-bond acceptors (Lipinski definition) is 3. The molecule has 7 heteroatoms. The van der Waals surface area contributed by atoms with Crippen LogP contribution < -0.4 is 16.3 Å². The van der Waals surface area contributed by atoms with E-state index in [0.29, 0.717) is 22.9 Å². The first kappa shape index (κ1) is 18.0. The Kier molecular flexibility index (Phi) is 4.30. The third-order valence-electron chi connectivity index (χ3n) is 5.39. The highest BCUT2D eigenvalue weighted by atomic mass is 16.2. The van der Waals surface area contributed by atoms with Crippen LogP contribution in [0, 0.1) is 11.8 Å². The van der Waals surface area contributed by atoms with E-state index in [1.807, 2.05) is 6.07 Å². The molecule has 2 N–H and O–H groups in total. The second kappa shape index (κ2) is 6.67. The molecule has 1 fully saturated rings. The van der Waals surface area contributed by atoms with Crippen LogP contribution in [0.15, 0.2) is 47.3 Å². The Morgan fingerprint density at radius 1 is 0.929 bits per heavy atom. The number of amides is 2. The minimum Gasteiger partial charge on any atom is -0.326 e. The molecule has 0 saturated heterocycles. The lowest BCUT2D eigenvalue weighted by Crippen LogP contribution is -2.19. The Labute approximate surface area is 162 Å². The zero-order chi connectivity index (χ0) is 20.0. The van der Waals surface area contributed by atoms with Crippen LogP contribution in [-0.2, 0) is 18.9 Å². The summed E-state index contributed by atoms with van der Waals surface area (Å²) in [6, 6.07) is 12.2. The van der Waals surface area contributed by atoms with Crippen molar-refractivity contribution in [1.82, 2.24) is 9.13 Å². The zero-order valence-electron chi connectivity index (χ0n) is 16.0. The number of rotatable bonds is 4. The largest absolute Gasteiger partial charge is 0.328 e. The summed E-state index contributed by atoms with van der Waals surface area (Å²) in [6.07, 6.45) is 0.934. The average Bonchev–Trinajstić information content (AvgIpc) is 3.39. The van der Waals surface area contributed by atoms with Gasteiger partial charge in [0, 0.05) is 37.0 Å². The zero-order valence-corrected chi connectivity index (χ0v) is 16.0. The number of carbonyl (C=O) groups is 2. The highest BCUT2D eigenvalue weighted by Gasteiger charge is 2.39. The summed E-state index contributed by atoms with van der Waals surface area (Å²) in [5.41, 5.74) is 3.21. The normalized spacial score (nSPS) is 18.1. The predicted molar refractivity (Wildman–Crippen MR) is 108 cm³/mol. The van der Waals surface area contributed by atoms with Crippen LogP contribution in [0.1, 0.15) is 23.7 Å². The van der Waals surface area contributed by atoms with Gasteiger partial charge in [0.2, 0.25) is 5.91 Å². The van der Waals surface area contributed by atoms with Gasteiger partial charge >= 0.3 is 5.69 Å². The summed E-state index contributed by atoms with van der Waals surface area (Å²) in [7, 11) is 3.42. The third kappa shape index (κ3) is 3.19. The maximum atomic E-state index is 12.5. The molecule has 1 saturated carbocycles. The van der Waals surface area contributed by atoms with Gasteiger partial charge in [0.25, 0.3) is 5.91 Å². The number of aryl methyl sites for hydroxylation is 2. The minimum absolute atomic E-state index is 0.0338. The van der Waals surface area contributed by atoms with Crippen LogP contribution in [0.2, 0.25) is 0 Å². The van der Waals surface area contributed by atoms with Gasteiger partial charge in [-0.05, 0) is 54.8 Å². The van der Waals surface area contributed by atoms with E-state index in [1.54, 1.807) is 59.6 Å². The molecule has 4 rings (SSSR count). The van der Waals surface area contributed by atoms with E-state index in [9.17, 15) is 14.4 Å². The lowest BCUT2D eigenvalue weighted by Gasteiger charge is -2.08. The molecule has 0 bridgehead atoms. The molecule has 0 aliphatic heterocycles. The number of nitrogens with one attached hydrogen (secondary N) is 2. The van der Waals surface area contributed by atoms with Crippen molar-refractivity contribution in [3.63, 3.8) is 0 Å². The van der Waals surface area contributed by atoms with Crippen molar-refractivity contribution in [1.29, 1.82) is 0 Å². The van der Waals surface area contributed by atoms with Crippen LogP contribution in [0.4, 0.5) is 11.4 Å². The number of carbonyl (C=O) groups excluding carboxylic acids is 2. The lowest BCUT2D eigenvalue weighted by atomic mass is 10.1. The van der Waals surface area contributed by atoms with Gasteiger partial charge in [0.15, 0.2) is 0 Å². The Hall–Kier alpha value is -3.35. The van der Waals surface area contributed by atoms with Crippen LogP contribution in [0.25, 0.3) is 11.0 Å². The Bertz CT molecular complexity index is 1140. The minimum atomic E-state index is -0.256. The smallest absolute Gasteiger partial charge is 0.326 e. The van der Waals surface area contributed by atoms with Crippen molar-refractivity contribution >= 4 is 34.2 Å². The van der Waals surface area contributed by atoms with E-state index in [4.69, 9.17) is 0 Å². The predicted octanol–water partition coefficient (Wildman–Crippen LogP) is 2.72. The van der Waals surface area contributed by atoms with E-state index in [2.05, 4.69) is 17.6 Å². The highest BCUT2D eigenvalue weighted by Crippen LogP contribution is 2.38. The van der Waals surface area contributed by atoms with Gasteiger partial charge in [-0.1, -0.05) is 6.92 Å². The monoisotopic (exact) mass is 378 g/mol. The molecule has 144 valence electrons. The van der Waals surface area contributed by atoms with Crippen molar-refractivity contribution < 1.29 is 9.59 Å². The molecule has 1 heterocycles. The average molecular weight is 378 g/mol. The Morgan fingerprint density at radius 2 is 1.54 bits per heavy atom. The molecule has 1 aliphatic rings. The molecule has 2 aromatic carbocycles. The highest BCUT2D eigenvalue weighted by molar-refractivity contribution is 6.05. The molecular formula is C21H22N4O3. The van der Waals surface area contributed by atoms with Crippen molar-refractivity contribution in [3.05, 3.63) is 58.5 Å². The standard InChI is InChI=1S/C21H22N4O3/c1-12-10-16(12)20(27)22-14-6-4-13(5-7-14)19(26)23-15-8-9-17-18(11-15)25(3)21(28)24(17)2/h4-9,11-12,16H,10H2,1-3H3,(H,22,27)(H,23,26). The number of imidazole rings is 1. The SMILES string of the molecule is CC1CC1C(=O)Nc1ccc(C(=O)Nc2ccc3c(c2)n(C)c(=O)n3C)cc1. The molecule has 7 nitrogen and oxygen atoms in total. The first-order valence-electron chi connectivity index (χ1n) is 9.23.